The molecule has 0 saturated heterocycles. The second kappa shape index (κ2) is 7.59. The number of hydrogen-bond acceptors (Lipinski definition) is 6. The van der Waals surface area contributed by atoms with Crippen LogP contribution in [0, 0.1) is 10.1 Å². The molecule has 0 fully saturated rings. The van der Waals surface area contributed by atoms with Gasteiger partial charge in [-0.05, 0) is 42.4 Å². The minimum absolute atomic E-state index is 0.119. The van der Waals surface area contributed by atoms with Crippen LogP contribution in [0.15, 0.2) is 60.7 Å². The van der Waals surface area contributed by atoms with Gasteiger partial charge >= 0.3 is 0 Å². The fourth-order valence-corrected chi connectivity index (χ4v) is 5.32. The minimum Gasteiger partial charge on any atom is -0.397 e. The third-order valence-electron chi connectivity index (χ3n) is 5.88. The first kappa shape index (κ1) is 19.4. The maximum absolute atomic E-state index is 13.0. The first-order valence-corrected chi connectivity index (χ1v) is 10.9. The van der Waals surface area contributed by atoms with E-state index < -0.39 is 4.92 Å². The lowest BCUT2D eigenvalue weighted by Gasteiger charge is -2.24. The predicted octanol–water partition coefficient (Wildman–Crippen LogP) is 5.29. The number of anilines is 1. The van der Waals surface area contributed by atoms with E-state index >= 15 is 0 Å². The van der Waals surface area contributed by atoms with E-state index in [2.05, 4.69) is 30.3 Å². The number of ketones is 1. The van der Waals surface area contributed by atoms with E-state index in [1.54, 1.807) is 6.07 Å². The van der Waals surface area contributed by atoms with Gasteiger partial charge < -0.3 is 5.73 Å². The van der Waals surface area contributed by atoms with Crippen molar-refractivity contribution >= 4 is 38.7 Å². The third kappa shape index (κ3) is 3.47. The molecule has 6 nitrogen and oxygen atoms in total. The average Bonchev–Trinajstić information content (AvgIpc) is 3.12. The number of hydrogen-bond donors (Lipinski definition) is 1. The van der Waals surface area contributed by atoms with Crippen molar-refractivity contribution in [1.29, 1.82) is 0 Å². The van der Waals surface area contributed by atoms with E-state index in [9.17, 15) is 14.9 Å². The number of aromatic nitrogens is 1. The number of nitro benzene ring substituents is 1. The normalized spacial score (nSPS) is 15.5. The quantitative estimate of drug-likeness (QED) is 0.270. The number of non-ortho nitro benzene ring substituents is 1. The van der Waals surface area contributed by atoms with Crippen LogP contribution in [0.5, 0.6) is 0 Å². The SMILES string of the molecule is Nc1c(C(=O)c2cccc([N+](=O)[O-])c2)sc2nc3c(cc12)CC(c1ccccc1)CC3. The number of nitro groups is 1. The summed E-state index contributed by atoms with van der Waals surface area (Å²) in [5.74, 6) is 0.128. The predicted molar refractivity (Wildman–Crippen MR) is 122 cm³/mol. The lowest BCUT2D eigenvalue weighted by Crippen LogP contribution is -2.14. The van der Waals surface area contributed by atoms with E-state index in [0.29, 0.717) is 16.5 Å². The molecule has 31 heavy (non-hydrogen) atoms. The molecule has 154 valence electrons. The van der Waals surface area contributed by atoms with Crippen molar-refractivity contribution in [2.24, 2.45) is 0 Å². The van der Waals surface area contributed by atoms with E-state index in [4.69, 9.17) is 10.7 Å². The average molecular weight is 430 g/mol. The zero-order valence-corrected chi connectivity index (χ0v) is 17.4. The number of aryl methyl sites for hydroxylation is 1. The van der Waals surface area contributed by atoms with Crippen LogP contribution in [0.3, 0.4) is 0 Å². The number of rotatable bonds is 4. The van der Waals surface area contributed by atoms with Crippen LogP contribution in [-0.4, -0.2) is 15.7 Å². The number of pyridine rings is 1. The first-order valence-electron chi connectivity index (χ1n) is 10.1. The number of benzene rings is 2. The highest BCUT2D eigenvalue weighted by atomic mass is 32.1. The van der Waals surface area contributed by atoms with Crippen molar-refractivity contribution in [3.8, 4) is 0 Å². The number of nitrogens with zero attached hydrogens (tertiary/aromatic N) is 2. The maximum Gasteiger partial charge on any atom is 0.270 e. The summed E-state index contributed by atoms with van der Waals surface area (Å²) in [6, 6.07) is 18.3. The Morgan fingerprint density at radius 2 is 1.94 bits per heavy atom. The van der Waals surface area contributed by atoms with Crippen LogP contribution in [0.25, 0.3) is 10.2 Å². The van der Waals surface area contributed by atoms with Gasteiger partial charge in [0.15, 0.2) is 0 Å². The van der Waals surface area contributed by atoms with E-state index in [-0.39, 0.29) is 17.0 Å². The van der Waals surface area contributed by atoms with E-state index in [1.807, 2.05) is 6.07 Å². The van der Waals surface area contributed by atoms with Gasteiger partial charge in [0, 0.05) is 28.8 Å². The number of nitrogen functional groups attached to an aromatic ring is 1. The molecule has 1 aliphatic carbocycles. The molecule has 0 aliphatic heterocycles. The fraction of sp³-hybridized carbons (Fsp3) is 0.167. The standard InChI is InChI=1S/C24H19N3O3S/c25-21-19-13-17-11-15(14-5-2-1-3-6-14)9-10-20(17)26-24(19)31-23(21)22(28)16-7-4-8-18(12-16)27(29)30/h1-8,12-13,15H,9-11,25H2. The maximum atomic E-state index is 13.0. The highest BCUT2D eigenvalue weighted by molar-refractivity contribution is 7.21. The summed E-state index contributed by atoms with van der Waals surface area (Å²) in [6.07, 6.45) is 2.82. The molecule has 1 aliphatic rings. The van der Waals surface area contributed by atoms with Gasteiger partial charge in [-0.25, -0.2) is 4.98 Å². The minimum atomic E-state index is -0.510. The molecule has 0 bridgehead atoms. The highest BCUT2D eigenvalue weighted by Gasteiger charge is 2.25. The van der Waals surface area contributed by atoms with Crippen LogP contribution in [-0.2, 0) is 12.8 Å². The van der Waals surface area contributed by atoms with Crippen molar-refractivity contribution < 1.29 is 9.72 Å². The van der Waals surface area contributed by atoms with Crippen LogP contribution in [0.1, 0.15) is 44.4 Å². The van der Waals surface area contributed by atoms with Crippen molar-refractivity contribution in [1.82, 2.24) is 4.98 Å². The Hall–Kier alpha value is -3.58. The summed E-state index contributed by atoms with van der Waals surface area (Å²) < 4.78 is 0. The van der Waals surface area contributed by atoms with Gasteiger partial charge in [0.25, 0.3) is 5.69 Å². The number of carbonyl (C=O) groups excluding carboxylic acids is 1. The Morgan fingerprint density at radius 3 is 2.71 bits per heavy atom. The third-order valence-corrected chi connectivity index (χ3v) is 7.00. The molecule has 1 atom stereocenters. The number of carbonyl (C=O) groups is 1. The monoisotopic (exact) mass is 429 g/mol. The summed E-state index contributed by atoms with van der Waals surface area (Å²) in [5, 5.41) is 11.8. The molecule has 1 unspecified atom stereocenters. The number of thiophene rings is 1. The Morgan fingerprint density at radius 1 is 1.13 bits per heavy atom. The molecule has 0 radical (unpaired) electrons. The molecule has 2 aromatic carbocycles. The molecule has 2 N–H and O–H groups in total. The summed E-state index contributed by atoms with van der Waals surface area (Å²) in [7, 11) is 0. The molecule has 5 rings (SSSR count). The van der Waals surface area contributed by atoms with Gasteiger partial charge in [-0.2, -0.15) is 0 Å². The second-order valence-corrected chi connectivity index (χ2v) is 8.78. The van der Waals surface area contributed by atoms with Gasteiger partial charge in [-0.3, -0.25) is 14.9 Å². The van der Waals surface area contributed by atoms with Gasteiger partial charge in [0.1, 0.15) is 9.71 Å². The summed E-state index contributed by atoms with van der Waals surface area (Å²) in [5.41, 5.74) is 10.5. The summed E-state index contributed by atoms with van der Waals surface area (Å²) in [6.45, 7) is 0. The van der Waals surface area contributed by atoms with Gasteiger partial charge in [-0.1, -0.05) is 42.5 Å². The second-order valence-electron chi connectivity index (χ2n) is 7.78. The number of fused-ring (bicyclic) bond motifs is 2. The van der Waals surface area contributed by atoms with Crippen molar-refractivity contribution in [2.75, 3.05) is 5.73 Å². The van der Waals surface area contributed by atoms with E-state index in [0.717, 1.165) is 35.2 Å². The van der Waals surface area contributed by atoms with Crippen LogP contribution in [0.2, 0.25) is 0 Å². The fourth-order valence-electron chi connectivity index (χ4n) is 4.26. The van der Waals surface area contributed by atoms with Gasteiger partial charge in [0.2, 0.25) is 5.78 Å². The lowest BCUT2D eigenvalue weighted by molar-refractivity contribution is -0.384. The van der Waals surface area contributed by atoms with Crippen LogP contribution >= 0.6 is 11.3 Å². The molecule has 0 saturated carbocycles. The summed E-state index contributed by atoms with van der Waals surface area (Å²) >= 11 is 1.26. The van der Waals surface area contributed by atoms with Crippen molar-refractivity contribution in [3.05, 3.63) is 98.0 Å². The topological polar surface area (TPSA) is 99.1 Å². The van der Waals surface area contributed by atoms with Gasteiger partial charge in [0.05, 0.1) is 10.6 Å². The van der Waals surface area contributed by atoms with Crippen LogP contribution in [0.4, 0.5) is 11.4 Å². The smallest absolute Gasteiger partial charge is 0.270 e. The van der Waals surface area contributed by atoms with Gasteiger partial charge in [-0.15, -0.1) is 11.3 Å². The first-order chi connectivity index (χ1) is 15.0. The number of nitrogens with two attached hydrogens (primary N) is 1. The van der Waals surface area contributed by atoms with Crippen molar-refractivity contribution in [3.63, 3.8) is 0 Å². The molecule has 7 heteroatoms. The molecule has 2 heterocycles. The Labute approximate surface area is 182 Å². The Bertz CT molecular complexity index is 1330. The zero-order chi connectivity index (χ0) is 21.5. The highest BCUT2D eigenvalue weighted by Crippen LogP contribution is 2.39. The Kier molecular flexibility index (Phi) is 4.75. The van der Waals surface area contributed by atoms with E-state index in [1.165, 1.54) is 40.7 Å². The molecular formula is C24H19N3O3S. The summed E-state index contributed by atoms with van der Waals surface area (Å²) in [4.78, 5) is 29.5. The molecule has 4 aromatic rings. The van der Waals surface area contributed by atoms with Crippen LogP contribution < -0.4 is 5.73 Å². The lowest BCUT2D eigenvalue weighted by atomic mass is 9.82. The molecular weight excluding hydrogens is 410 g/mol. The largest absolute Gasteiger partial charge is 0.397 e. The molecule has 0 amide bonds. The molecule has 2 aromatic heterocycles. The zero-order valence-electron chi connectivity index (χ0n) is 16.6. The molecule has 0 spiro atoms. The van der Waals surface area contributed by atoms with Crippen molar-refractivity contribution in [2.45, 2.75) is 25.2 Å². The Balaban J connectivity index is 1.52.